The molecule has 1 atom stereocenters. The molecule has 0 spiro atoms. The summed E-state index contributed by atoms with van der Waals surface area (Å²) in [6, 6.07) is 8.23. The number of para-hydroxylation sites is 1. The number of benzene rings is 1. The highest BCUT2D eigenvalue weighted by molar-refractivity contribution is 6.00. The average molecular weight is 248 g/mol. The Balaban J connectivity index is 3.05. The number of nitrogens with zero attached hydrogens (tertiary/aromatic N) is 2. The topological polar surface area (TPSA) is 56.4 Å². The first-order chi connectivity index (χ1) is 8.47. The van der Waals surface area contributed by atoms with Crippen LogP contribution in [0.4, 0.5) is 5.69 Å². The molecule has 100 valence electrons. The number of hydrogen-bond acceptors (Lipinski definition) is 3. The summed E-state index contributed by atoms with van der Waals surface area (Å²) in [7, 11) is 4.14. The first kappa shape index (κ1) is 14.5. The molecule has 0 radical (unpaired) electrons. The van der Waals surface area contributed by atoms with Gasteiger partial charge < -0.3 is 15.5 Å². The predicted molar refractivity (Wildman–Crippen MR) is 78.5 cm³/mol. The Hall–Kier alpha value is -1.55. The molecule has 1 unspecified atom stereocenters. The van der Waals surface area contributed by atoms with Crippen molar-refractivity contribution in [1.29, 1.82) is 5.41 Å². The van der Waals surface area contributed by atoms with Crippen LogP contribution in [0.25, 0.3) is 0 Å². The lowest BCUT2D eigenvalue weighted by molar-refractivity contribution is 0.373. The van der Waals surface area contributed by atoms with Gasteiger partial charge in [-0.3, -0.25) is 5.41 Å². The van der Waals surface area contributed by atoms with Crippen molar-refractivity contribution in [2.75, 3.05) is 32.1 Å². The van der Waals surface area contributed by atoms with Crippen molar-refractivity contribution in [3.05, 3.63) is 29.8 Å². The Morgan fingerprint density at radius 3 is 2.44 bits per heavy atom. The molecule has 0 aliphatic heterocycles. The first-order valence-electron chi connectivity index (χ1n) is 6.32. The number of nitrogen functional groups attached to an aromatic ring is 1. The maximum Gasteiger partial charge on any atom is 0.124 e. The van der Waals surface area contributed by atoms with Crippen LogP contribution in [0.15, 0.2) is 24.3 Å². The monoisotopic (exact) mass is 248 g/mol. The van der Waals surface area contributed by atoms with Gasteiger partial charge in [0, 0.05) is 30.4 Å². The summed E-state index contributed by atoms with van der Waals surface area (Å²) >= 11 is 0. The molecular weight excluding hydrogens is 224 g/mol. The second-order valence-corrected chi connectivity index (χ2v) is 4.83. The zero-order valence-corrected chi connectivity index (χ0v) is 11.8. The van der Waals surface area contributed by atoms with Crippen molar-refractivity contribution in [1.82, 2.24) is 4.90 Å². The van der Waals surface area contributed by atoms with E-state index in [0.29, 0.717) is 6.04 Å². The van der Waals surface area contributed by atoms with Crippen LogP contribution in [0, 0.1) is 5.41 Å². The minimum absolute atomic E-state index is 0.126. The maximum atomic E-state index is 7.67. The maximum absolute atomic E-state index is 7.67. The van der Waals surface area contributed by atoms with E-state index in [1.165, 1.54) is 0 Å². The van der Waals surface area contributed by atoms with E-state index in [0.717, 1.165) is 24.3 Å². The Kier molecular flexibility index (Phi) is 5.16. The molecule has 0 aliphatic carbocycles. The molecular formula is C14H24N4. The third kappa shape index (κ3) is 3.47. The summed E-state index contributed by atoms with van der Waals surface area (Å²) in [5.41, 5.74) is 7.51. The molecule has 3 N–H and O–H groups in total. The van der Waals surface area contributed by atoms with Gasteiger partial charge in [-0.1, -0.05) is 12.1 Å². The fourth-order valence-corrected chi connectivity index (χ4v) is 2.30. The van der Waals surface area contributed by atoms with Gasteiger partial charge in [0.05, 0.1) is 0 Å². The normalized spacial score (nSPS) is 12.5. The number of nitrogens with two attached hydrogens (primary N) is 1. The van der Waals surface area contributed by atoms with Gasteiger partial charge in [0.1, 0.15) is 5.84 Å². The minimum Gasteiger partial charge on any atom is -0.384 e. The summed E-state index contributed by atoms with van der Waals surface area (Å²) in [4.78, 5) is 4.46. The Labute approximate surface area is 110 Å². The molecule has 18 heavy (non-hydrogen) atoms. The van der Waals surface area contributed by atoms with Crippen LogP contribution in [0.5, 0.6) is 0 Å². The lowest BCUT2D eigenvalue weighted by Gasteiger charge is -2.33. The number of rotatable bonds is 6. The van der Waals surface area contributed by atoms with Crippen LogP contribution >= 0.6 is 0 Å². The van der Waals surface area contributed by atoms with E-state index in [9.17, 15) is 0 Å². The van der Waals surface area contributed by atoms with Gasteiger partial charge in [-0.15, -0.1) is 0 Å². The van der Waals surface area contributed by atoms with Gasteiger partial charge in [0.25, 0.3) is 0 Å². The largest absolute Gasteiger partial charge is 0.384 e. The first-order valence-corrected chi connectivity index (χ1v) is 6.32. The van der Waals surface area contributed by atoms with Crippen LogP contribution in [0.1, 0.15) is 19.4 Å². The third-order valence-corrected chi connectivity index (χ3v) is 3.01. The van der Waals surface area contributed by atoms with Crippen LogP contribution < -0.4 is 10.6 Å². The van der Waals surface area contributed by atoms with Crippen molar-refractivity contribution in [2.45, 2.75) is 19.9 Å². The van der Waals surface area contributed by atoms with E-state index in [1.54, 1.807) is 0 Å². The molecule has 0 aliphatic rings. The Bertz CT molecular complexity index is 401. The van der Waals surface area contributed by atoms with Crippen LogP contribution in [0.3, 0.4) is 0 Å². The lowest BCUT2D eigenvalue weighted by Crippen LogP contribution is -2.41. The van der Waals surface area contributed by atoms with Crippen molar-refractivity contribution >= 4 is 11.5 Å². The average Bonchev–Trinajstić information content (AvgIpc) is 2.29. The molecule has 0 aromatic heterocycles. The van der Waals surface area contributed by atoms with Gasteiger partial charge in [0.15, 0.2) is 0 Å². The van der Waals surface area contributed by atoms with Crippen molar-refractivity contribution in [2.24, 2.45) is 5.73 Å². The van der Waals surface area contributed by atoms with Crippen molar-refractivity contribution in [3.8, 4) is 0 Å². The molecule has 1 aromatic rings. The lowest BCUT2D eigenvalue weighted by atomic mass is 10.1. The molecule has 4 nitrogen and oxygen atoms in total. The van der Waals surface area contributed by atoms with E-state index >= 15 is 0 Å². The highest BCUT2D eigenvalue weighted by Crippen LogP contribution is 2.22. The van der Waals surface area contributed by atoms with Gasteiger partial charge >= 0.3 is 0 Å². The van der Waals surface area contributed by atoms with Gasteiger partial charge in [-0.25, -0.2) is 0 Å². The Morgan fingerprint density at radius 1 is 1.33 bits per heavy atom. The molecule has 1 rings (SSSR count). The highest BCUT2D eigenvalue weighted by atomic mass is 15.2. The molecule has 0 saturated carbocycles. The van der Waals surface area contributed by atoms with E-state index in [1.807, 2.05) is 24.3 Å². The molecule has 0 fully saturated rings. The van der Waals surface area contributed by atoms with Crippen LogP contribution in [-0.2, 0) is 0 Å². The molecule has 0 heterocycles. The number of hydrogen-bond donors (Lipinski definition) is 2. The van der Waals surface area contributed by atoms with E-state index in [4.69, 9.17) is 11.1 Å². The highest BCUT2D eigenvalue weighted by Gasteiger charge is 2.17. The molecule has 1 aromatic carbocycles. The summed E-state index contributed by atoms with van der Waals surface area (Å²) in [6.45, 7) is 6.20. The standard InChI is InChI=1S/C14H24N4/c1-5-18(11(2)10-17(3)4)13-9-7-6-8-12(13)14(15)16/h6-9,11H,5,10H2,1-4H3,(H3,15,16). The second-order valence-electron chi connectivity index (χ2n) is 4.83. The fraction of sp³-hybridized carbons (Fsp3) is 0.500. The van der Waals surface area contributed by atoms with Gasteiger partial charge in [0.2, 0.25) is 0 Å². The third-order valence-electron chi connectivity index (χ3n) is 3.01. The SMILES string of the molecule is CCN(c1ccccc1C(=N)N)C(C)CN(C)C. The predicted octanol–water partition coefficient (Wildman–Crippen LogP) is 1.75. The van der Waals surface area contributed by atoms with Crippen LogP contribution in [0.2, 0.25) is 0 Å². The van der Waals surface area contributed by atoms with Gasteiger partial charge in [-0.2, -0.15) is 0 Å². The smallest absolute Gasteiger partial charge is 0.124 e. The number of likely N-dealkylation sites (N-methyl/N-ethyl adjacent to an activating group) is 2. The number of amidine groups is 1. The summed E-state index contributed by atoms with van der Waals surface area (Å²) in [6.07, 6.45) is 0. The zero-order chi connectivity index (χ0) is 13.7. The Morgan fingerprint density at radius 2 is 1.94 bits per heavy atom. The number of anilines is 1. The quantitative estimate of drug-likeness (QED) is 0.595. The molecule has 0 bridgehead atoms. The summed E-state index contributed by atoms with van der Waals surface area (Å²) in [5.74, 6) is 0.126. The minimum atomic E-state index is 0.126. The van der Waals surface area contributed by atoms with Crippen molar-refractivity contribution < 1.29 is 0 Å². The van der Waals surface area contributed by atoms with Crippen LogP contribution in [-0.4, -0.2) is 44.0 Å². The summed E-state index contributed by atoms with van der Waals surface area (Å²) < 4.78 is 0. The number of nitrogens with one attached hydrogen (secondary N) is 1. The fourth-order valence-electron chi connectivity index (χ4n) is 2.30. The second kappa shape index (κ2) is 6.40. The molecule has 0 amide bonds. The van der Waals surface area contributed by atoms with Gasteiger partial charge in [-0.05, 0) is 40.1 Å². The zero-order valence-electron chi connectivity index (χ0n) is 11.8. The molecule has 4 heteroatoms. The van der Waals surface area contributed by atoms with Crippen molar-refractivity contribution in [3.63, 3.8) is 0 Å². The van der Waals surface area contributed by atoms with E-state index in [2.05, 4.69) is 37.7 Å². The summed E-state index contributed by atoms with van der Waals surface area (Å²) in [5, 5.41) is 7.67. The molecule has 0 saturated heterocycles. The van der Waals surface area contributed by atoms with E-state index < -0.39 is 0 Å². The van der Waals surface area contributed by atoms with E-state index in [-0.39, 0.29) is 5.84 Å².